The van der Waals surface area contributed by atoms with Crippen molar-refractivity contribution in [1.29, 1.82) is 0 Å². The number of likely N-dealkylation sites (N-methyl/N-ethyl adjacent to an activating group) is 1. The molecular weight excluding hydrogens is 226 g/mol. The zero-order valence-electron chi connectivity index (χ0n) is 11.7. The van der Waals surface area contributed by atoms with Gasteiger partial charge in [0, 0.05) is 6.54 Å². The zero-order chi connectivity index (χ0) is 13.8. The second kappa shape index (κ2) is 6.01. The highest BCUT2D eigenvalue weighted by molar-refractivity contribution is 5.78. The summed E-state index contributed by atoms with van der Waals surface area (Å²) in [4.78, 5) is 13.4. The number of aryl methyl sites for hydroxylation is 1. The Morgan fingerprint density at radius 3 is 2.61 bits per heavy atom. The standard InChI is InChI=1S/C15H23NO2/c1-5-9-15(3,14(17)18)16(4)11-13-8-6-7-12(2)10-13/h6-8,10H,5,9,11H2,1-4H3,(H,17,18). The Labute approximate surface area is 109 Å². The molecule has 0 bridgehead atoms. The second-order valence-corrected chi connectivity index (χ2v) is 5.17. The Kier molecular flexibility index (Phi) is 4.91. The van der Waals surface area contributed by atoms with Crippen molar-refractivity contribution in [3.63, 3.8) is 0 Å². The molecule has 1 unspecified atom stereocenters. The molecule has 0 heterocycles. The van der Waals surface area contributed by atoms with Gasteiger partial charge >= 0.3 is 5.97 Å². The van der Waals surface area contributed by atoms with E-state index in [2.05, 4.69) is 6.07 Å². The lowest BCUT2D eigenvalue weighted by Gasteiger charge is -2.35. The molecule has 0 fully saturated rings. The fraction of sp³-hybridized carbons (Fsp3) is 0.533. The fourth-order valence-corrected chi connectivity index (χ4v) is 2.21. The molecule has 100 valence electrons. The van der Waals surface area contributed by atoms with Gasteiger partial charge in [0.2, 0.25) is 0 Å². The van der Waals surface area contributed by atoms with Crippen molar-refractivity contribution in [3.8, 4) is 0 Å². The van der Waals surface area contributed by atoms with Gasteiger partial charge in [0.15, 0.2) is 0 Å². The van der Waals surface area contributed by atoms with Gasteiger partial charge in [0.05, 0.1) is 0 Å². The number of carbonyl (C=O) groups is 1. The van der Waals surface area contributed by atoms with Crippen molar-refractivity contribution in [3.05, 3.63) is 35.4 Å². The van der Waals surface area contributed by atoms with Gasteiger partial charge in [0.1, 0.15) is 5.54 Å². The summed E-state index contributed by atoms with van der Waals surface area (Å²) in [6, 6.07) is 8.20. The smallest absolute Gasteiger partial charge is 0.323 e. The van der Waals surface area contributed by atoms with Crippen molar-refractivity contribution < 1.29 is 9.90 Å². The molecule has 0 aromatic heterocycles. The van der Waals surface area contributed by atoms with Gasteiger partial charge in [-0.05, 0) is 32.9 Å². The van der Waals surface area contributed by atoms with Crippen LogP contribution in [0.3, 0.4) is 0 Å². The molecule has 0 aliphatic heterocycles. The third-order valence-electron chi connectivity index (χ3n) is 3.54. The molecule has 1 aromatic rings. The SMILES string of the molecule is CCCC(C)(C(=O)O)N(C)Cc1cccc(C)c1. The fourth-order valence-electron chi connectivity index (χ4n) is 2.21. The van der Waals surface area contributed by atoms with E-state index >= 15 is 0 Å². The van der Waals surface area contributed by atoms with E-state index in [4.69, 9.17) is 0 Å². The molecular formula is C15H23NO2. The van der Waals surface area contributed by atoms with Gasteiger partial charge in [-0.3, -0.25) is 9.69 Å². The third kappa shape index (κ3) is 3.33. The van der Waals surface area contributed by atoms with Crippen molar-refractivity contribution in [2.24, 2.45) is 0 Å². The van der Waals surface area contributed by atoms with Crippen LogP contribution in [0.25, 0.3) is 0 Å². The van der Waals surface area contributed by atoms with Gasteiger partial charge in [-0.15, -0.1) is 0 Å². The second-order valence-electron chi connectivity index (χ2n) is 5.17. The molecule has 1 atom stereocenters. The lowest BCUT2D eigenvalue weighted by atomic mass is 9.94. The van der Waals surface area contributed by atoms with Crippen LogP contribution in [-0.2, 0) is 11.3 Å². The van der Waals surface area contributed by atoms with E-state index in [9.17, 15) is 9.90 Å². The van der Waals surface area contributed by atoms with Crippen LogP contribution in [0, 0.1) is 6.92 Å². The lowest BCUT2D eigenvalue weighted by Crippen LogP contribution is -2.49. The van der Waals surface area contributed by atoms with Crippen LogP contribution in [0.4, 0.5) is 0 Å². The number of hydrogen-bond donors (Lipinski definition) is 1. The van der Waals surface area contributed by atoms with Crippen molar-refractivity contribution >= 4 is 5.97 Å². The maximum atomic E-state index is 11.5. The van der Waals surface area contributed by atoms with E-state index in [-0.39, 0.29) is 0 Å². The van der Waals surface area contributed by atoms with E-state index < -0.39 is 11.5 Å². The Morgan fingerprint density at radius 2 is 2.11 bits per heavy atom. The van der Waals surface area contributed by atoms with E-state index in [1.54, 1.807) is 6.92 Å². The molecule has 3 heteroatoms. The summed E-state index contributed by atoms with van der Waals surface area (Å²) < 4.78 is 0. The van der Waals surface area contributed by atoms with Crippen LogP contribution in [0.15, 0.2) is 24.3 Å². The van der Waals surface area contributed by atoms with Crippen LogP contribution in [0.5, 0.6) is 0 Å². The predicted molar refractivity (Wildman–Crippen MR) is 73.6 cm³/mol. The van der Waals surface area contributed by atoms with Gasteiger partial charge < -0.3 is 5.11 Å². The van der Waals surface area contributed by atoms with Crippen LogP contribution in [-0.4, -0.2) is 28.6 Å². The van der Waals surface area contributed by atoms with E-state index in [1.807, 2.05) is 44.0 Å². The van der Waals surface area contributed by atoms with E-state index in [0.29, 0.717) is 13.0 Å². The minimum atomic E-state index is -0.793. The molecule has 0 spiro atoms. The highest BCUT2D eigenvalue weighted by atomic mass is 16.4. The Hall–Kier alpha value is -1.35. The van der Waals surface area contributed by atoms with Crippen molar-refractivity contribution in [2.75, 3.05) is 7.05 Å². The Bertz CT molecular complexity index is 417. The Balaban J connectivity index is 2.85. The highest BCUT2D eigenvalue weighted by Crippen LogP contribution is 2.22. The molecule has 1 N–H and O–H groups in total. The summed E-state index contributed by atoms with van der Waals surface area (Å²) in [6.45, 7) is 6.52. The number of carboxylic acid groups (broad SMARTS) is 1. The quantitative estimate of drug-likeness (QED) is 0.842. The maximum absolute atomic E-state index is 11.5. The Morgan fingerprint density at radius 1 is 1.44 bits per heavy atom. The average Bonchev–Trinajstić information content (AvgIpc) is 2.28. The molecule has 0 aliphatic carbocycles. The minimum Gasteiger partial charge on any atom is -0.480 e. The molecule has 0 aliphatic rings. The molecule has 3 nitrogen and oxygen atoms in total. The molecule has 0 saturated heterocycles. The molecule has 18 heavy (non-hydrogen) atoms. The first-order valence-corrected chi connectivity index (χ1v) is 6.40. The van der Waals surface area contributed by atoms with Gasteiger partial charge in [-0.2, -0.15) is 0 Å². The van der Waals surface area contributed by atoms with Crippen molar-refractivity contribution in [2.45, 2.75) is 45.7 Å². The summed E-state index contributed by atoms with van der Waals surface area (Å²) in [5, 5.41) is 9.42. The summed E-state index contributed by atoms with van der Waals surface area (Å²) in [7, 11) is 1.88. The van der Waals surface area contributed by atoms with Gasteiger partial charge in [0.25, 0.3) is 0 Å². The van der Waals surface area contributed by atoms with Gasteiger partial charge in [-0.25, -0.2) is 0 Å². The monoisotopic (exact) mass is 249 g/mol. The van der Waals surface area contributed by atoms with Crippen molar-refractivity contribution in [1.82, 2.24) is 4.90 Å². The molecule has 0 saturated carbocycles. The lowest BCUT2D eigenvalue weighted by molar-refractivity contribution is -0.150. The highest BCUT2D eigenvalue weighted by Gasteiger charge is 2.36. The molecule has 0 amide bonds. The topological polar surface area (TPSA) is 40.5 Å². The van der Waals surface area contributed by atoms with Crippen LogP contribution in [0.2, 0.25) is 0 Å². The minimum absolute atomic E-state index is 0.657. The number of benzene rings is 1. The largest absolute Gasteiger partial charge is 0.480 e. The molecule has 0 radical (unpaired) electrons. The first kappa shape index (κ1) is 14.7. The zero-order valence-corrected chi connectivity index (χ0v) is 11.7. The number of rotatable bonds is 6. The summed E-state index contributed by atoms with van der Waals surface area (Å²) in [5.74, 6) is -0.750. The number of nitrogens with zero attached hydrogens (tertiary/aromatic N) is 1. The predicted octanol–water partition coefficient (Wildman–Crippen LogP) is 3.07. The molecule has 1 aromatic carbocycles. The maximum Gasteiger partial charge on any atom is 0.323 e. The molecule has 1 rings (SSSR count). The van der Waals surface area contributed by atoms with Crippen LogP contribution < -0.4 is 0 Å². The first-order valence-electron chi connectivity index (χ1n) is 6.40. The van der Waals surface area contributed by atoms with E-state index in [1.165, 1.54) is 5.56 Å². The van der Waals surface area contributed by atoms with Gasteiger partial charge in [-0.1, -0.05) is 43.2 Å². The number of aliphatic carboxylic acids is 1. The van der Waals surface area contributed by atoms with E-state index in [0.717, 1.165) is 12.0 Å². The number of carboxylic acids is 1. The van der Waals surface area contributed by atoms with Crippen LogP contribution >= 0.6 is 0 Å². The normalized spacial score (nSPS) is 14.5. The summed E-state index contributed by atoms with van der Waals surface area (Å²) in [6.07, 6.45) is 1.52. The third-order valence-corrected chi connectivity index (χ3v) is 3.54. The first-order chi connectivity index (χ1) is 8.40. The summed E-state index contributed by atoms with van der Waals surface area (Å²) in [5.41, 5.74) is 1.56. The summed E-state index contributed by atoms with van der Waals surface area (Å²) >= 11 is 0. The average molecular weight is 249 g/mol. The number of hydrogen-bond acceptors (Lipinski definition) is 2. The van der Waals surface area contributed by atoms with Crippen LogP contribution in [0.1, 0.15) is 37.8 Å².